The third-order valence-electron chi connectivity index (χ3n) is 7.91. The van der Waals surface area contributed by atoms with E-state index in [1.807, 2.05) is 19.1 Å². The number of halogens is 1. The van der Waals surface area contributed by atoms with Gasteiger partial charge in [0.25, 0.3) is 0 Å². The number of hydrogen-bond donors (Lipinski definition) is 2. The van der Waals surface area contributed by atoms with Crippen molar-refractivity contribution in [1.82, 2.24) is 0 Å². The molecule has 2 atom stereocenters. The highest BCUT2D eigenvalue weighted by Crippen LogP contribution is 2.71. The first-order valence-electron chi connectivity index (χ1n) is 11.9. The van der Waals surface area contributed by atoms with Gasteiger partial charge in [-0.15, -0.1) is 0 Å². The van der Waals surface area contributed by atoms with Crippen LogP contribution in [0.4, 0.5) is 21.9 Å². The molecule has 1 spiro atoms. The molecule has 0 radical (unpaired) electrons. The number of ether oxygens (including phenoxy) is 1. The van der Waals surface area contributed by atoms with Gasteiger partial charge >= 0.3 is 18.0 Å². The van der Waals surface area contributed by atoms with Crippen molar-refractivity contribution >= 4 is 52.6 Å². The van der Waals surface area contributed by atoms with Crippen LogP contribution in [0.2, 0.25) is 5.02 Å². The van der Waals surface area contributed by atoms with Gasteiger partial charge in [0.05, 0.1) is 40.1 Å². The molecule has 2 fully saturated rings. The summed E-state index contributed by atoms with van der Waals surface area (Å²) in [6, 6.07) is 16.0. The molecule has 0 unspecified atom stereocenters. The Bertz CT molecular complexity index is 1570. The Kier molecular flexibility index (Phi) is 5.09. The average molecular weight is 533 g/mol. The van der Waals surface area contributed by atoms with E-state index in [9.17, 15) is 29.4 Å². The second kappa shape index (κ2) is 8.06. The Morgan fingerprint density at radius 2 is 1.61 bits per heavy atom. The molecule has 2 N–H and O–H groups in total. The number of hydrogen-bond acceptors (Lipinski definition) is 5. The van der Waals surface area contributed by atoms with E-state index in [4.69, 9.17) is 16.3 Å². The van der Waals surface area contributed by atoms with Gasteiger partial charge in [-0.1, -0.05) is 30.7 Å². The number of nitrogens with zero attached hydrogens (tertiary/aromatic N) is 2. The average Bonchev–Trinajstić information content (AvgIpc) is 3.18. The van der Waals surface area contributed by atoms with Gasteiger partial charge in [0.15, 0.2) is 0 Å². The number of fused-ring (bicyclic) bond motifs is 2. The van der Waals surface area contributed by atoms with Crippen LogP contribution in [0.5, 0.6) is 0 Å². The minimum Gasteiger partial charge on any atom is -0.478 e. The number of rotatable bonds is 5. The quantitative estimate of drug-likeness (QED) is 0.475. The molecule has 2 heterocycles. The third kappa shape index (κ3) is 3.24. The lowest BCUT2D eigenvalue weighted by molar-refractivity contribution is -0.120. The second-order valence-electron chi connectivity index (χ2n) is 9.91. The van der Waals surface area contributed by atoms with Crippen LogP contribution in [-0.2, 0) is 20.4 Å². The predicted octanol–water partition coefficient (Wildman–Crippen LogP) is 4.97. The van der Waals surface area contributed by atoms with E-state index in [0.717, 1.165) is 5.56 Å². The van der Waals surface area contributed by atoms with E-state index >= 15 is 0 Å². The first-order valence-corrected chi connectivity index (χ1v) is 12.3. The van der Waals surface area contributed by atoms with Crippen molar-refractivity contribution in [3.8, 4) is 0 Å². The van der Waals surface area contributed by atoms with E-state index in [1.165, 1.54) is 34.1 Å². The molecule has 6 rings (SSSR count). The van der Waals surface area contributed by atoms with E-state index in [1.54, 1.807) is 24.3 Å². The molecule has 38 heavy (non-hydrogen) atoms. The minimum absolute atomic E-state index is 0.0444. The predicted molar refractivity (Wildman–Crippen MR) is 138 cm³/mol. The van der Waals surface area contributed by atoms with Crippen LogP contribution in [-0.4, -0.2) is 47.3 Å². The van der Waals surface area contributed by atoms with Gasteiger partial charge in [-0.2, -0.15) is 0 Å². The lowest BCUT2D eigenvalue weighted by atomic mass is 9.83. The summed E-state index contributed by atoms with van der Waals surface area (Å²) in [6.45, 7) is 2.36. The van der Waals surface area contributed by atoms with Crippen molar-refractivity contribution in [2.75, 3.05) is 23.0 Å². The van der Waals surface area contributed by atoms with Crippen molar-refractivity contribution in [3.63, 3.8) is 0 Å². The zero-order valence-electron chi connectivity index (χ0n) is 20.1. The smallest absolute Gasteiger partial charge is 0.414 e. The summed E-state index contributed by atoms with van der Waals surface area (Å²) < 4.78 is 5.02. The summed E-state index contributed by atoms with van der Waals surface area (Å²) in [7, 11) is 0. The van der Waals surface area contributed by atoms with Gasteiger partial charge in [0, 0.05) is 10.4 Å². The largest absolute Gasteiger partial charge is 0.478 e. The monoisotopic (exact) mass is 532 g/mol. The number of benzene rings is 3. The van der Waals surface area contributed by atoms with Crippen LogP contribution in [0.15, 0.2) is 60.7 Å². The maximum atomic E-state index is 14.4. The van der Waals surface area contributed by atoms with E-state index in [-0.39, 0.29) is 41.6 Å². The van der Waals surface area contributed by atoms with E-state index in [0.29, 0.717) is 22.7 Å². The maximum absolute atomic E-state index is 14.4. The Morgan fingerprint density at radius 3 is 2.24 bits per heavy atom. The molecule has 10 heteroatoms. The number of carboxylic acids is 2. The zero-order chi connectivity index (χ0) is 27.0. The van der Waals surface area contributed by atoms with Crippen LogP contribution in [0.1, 0.15) is 45.2 Å². The lowest BCUT2D eigenvalue weighted by Gasteiger charge is -2.23. The Hall–Kier alpha value is -4.37. The van der Waals surface area contributed by atoms with E-state index in [2.05, 4.69) is 0 Å². The van der Waals surface area contributed by atoms with Gasteiger partial charge in [-0.3, -0.25) is 14.6 Å². The molecule has 1 aliphatic carbocycles. The fourth-order valence-corrected chi connectivity index (χ4v) is 5.99. The number of anilines is 3. The van der Waals surface area contributed by atoms with Crippen molar-refractivity contribution in [2.45, 2.75) is 24.2 Å². The van der Waals surface area contributed by atoms with Crippen LogP contribution in [0, 0.1) is 0 Å². The number of amides is 2. The van der Waals surface area contributed by atoms with Crippen molar-refractivity contribution in [2.24, 2.45) is 0 Å². The number of carbonyl (C=O) groups excluding carboxylic acids is 2. The fourth-order valence-electron chi connectivity index (χ4n) is 5.87. The molecule has 3 aromatic carbocycles. The highest BCUT2D eigenvalue weighted by molar-refractivity contribution is 6.30. The van der Waals surface area contributed by atoms with Crippen molar-refractivity contribution in [1.29, 1.82) is 0 Å². The zero-order valence-corrected chi connectivity index (χ0v) is 20.9. The third-order valence-corrected chi connectivity index (χ3v) is 8.16. The normalized spacial score (nSPS) is 23.5. The van der Waals surface area contributed by atoms with Crippen LogP contribution >= 0.6 is 11.6 Å². The molecule has 9 nitrogen and oxygen atoms in total. The van der Waals surface area contributed by atoms with Gasteiger partial charge < -0.3 is 14.9 Å². The van der Waals surface area contributed by atoms with Crippen LogP contribution in [0.3, 0.4) is 0 Å². The molecule has 2 aliphatic heterocycles. The Labute approximate surface area is 221 Å². The summed E-state index contributed by atoms with van der Waals surface area (Å²) in [5.74, 6) is -2.64. The molecular formula is C28H21ClN2O7. The molecular weight excluding hydrogens is 512 g/mol. The number of carboxylic acid groups (broad SMARTS) is 2. The highest BCUT2D eigenvalue weighted by atomic mass is 35.5. The molecule has 3 aromatic rings. The molecule has 0 bridgehead atoms. The van der Waals surface area contributed by atoms with Crippen LogP contribution in [0.25, 0.3) is 0 Å². The first kappa shape index (κ1) is 24.0. The van der Waals surface area contributed by atoms with Gasteiger partial charge in [0.1, 0.15) is 6.61 Å². The van der Waals surface area contributed by atoms with E-state index < -0.39 is 28.9 Å². The summed E-state index contributed by atoms with van der Waals surface area (Å²) in [4.78, 5) is 53.2. The van der Waals surface area contributed by atoms with Gasteiger partial charge in [0.2, 0.25) is 5.91 Å². The molecule has 3 aliphatic rings. The SMILES string of the molecule is C[C@]1(c2ccc(Cl)cc2)C[C@@]12C(=O)N(c1cc(C(=O)O)cc(N3CCOC3=O)c1)c1ccc(C(=O)O)cc12. The first-order chi connectivity index (χ1) is 18.1. The number of carbonyl (C=O) groups is 4. The van der Waals surface area contributed by atoms with Gasteiger partial charge in [-0.25, -0.2) is 14.4 Å². The minimum atomic E-state index is -1.22. The summed E-state index contributed by atoms with van der Waals surface area (Å²) in [6.07, 6.45) is -0.177. The summed E-state index contributed by atoms with van der Waals surface area (Å²) in [5, 5.41) is 20.0. The second-order valence-corrected chi connectivity index (χ2v) is 10.3. The standard InChI is InChI=1S/C28H21ClN2O7/c1-27(17-3-5-18(29)6-4-17)14-28(27)21-12-15(23(32)33)2-7-22(21)31(25(28)36)20-11-16(24(34)35)10-19(13-20)30-8-9-38-26(30)37/h2-7,10-13H,8-9,14H2,1H3,(H,32,33)(H,34,35)/t27-,28-/m1/s1. The molecule has 0 aromatic heterocycles. The van der Waals surface area contributed by atoms with Crippen molar-refractivity contribution < 1.29 is 34.1 Å². The Morgan fingerprint density at radius 1 is 0.921 bits per heavy atom. The lowest BCUT2D eigenvalue weighted by Crippen LogP contribution is -2.33. The number of aromatic carboxylic acids is 2. The summed E-state index contributed by atoms with van der Waals surface area (Å²) >= 11 is 6.10. The molecule has 192 valence electrons. The van der Waals surface area contributed by atoms with Crippen molar-refractivity contribution in [3.05, 3.63) is 87.9 Å². The molecule has 1 saturated heterocycles. The Balaban J connectivity index is 1.54. The highest BCUT2D eigenvalue weighted by Gasteiger charge is 2.75. The maximum Gasteiger partial charge on any atom is 0.414 e. The molecule has 1 saturated carbocycles. The number of cyclic esters (lactones) is 1. The fraction of sp³-hybridized carbons (Fsp3) is 0.214. The summed E-state index contributed by atoms with van der Waals surface area (Å²) in [5.41, 5.74) is 0.678. The molecule has 2 amide bonds. The van der Waals surface area contributed by atoms with Crippen LogP contribution < -0.4 is 9.80 Å². The van der Waals surface area contributed by atoms with Gasteiger partial charge in [-0.05, 0) is 66.1 Å². The topological polar surface area (TPSA) is 124 Å².